The first-order valence-corrected chi connectivity index (χ1v) is 7.83. The van der Waals surface area contributed by atoms with E-state index >= 15 is 0 Å². The Morgan fingerprint density at radius 3 is 2.57 bits per heavy atom. The van der Waals surface area contributed by atoms with E-state index in [-0.39, 0.29) is 5.91 Å². The summed E-state index contributed by atoms with van der Waals surface area (Å²) in [5.41, 5.74) is 2.21. The Morgan fingerprint density at radius 2 is 1.91 bits per heavy atom. The molecule has 118 valence electrons. The molecule has 2 aromatic rings. The number of hydrogen-bond donors (Lipinski definition) is 2. The molecular weight excluding hydrogens is 294 g/mol. The lowest BCUT2D eigenvalue weighted by Gasteiger charge is -2.11. The molecule has 2 N–H and O–H groups in total. The van der Waals surface area contributed by atoms with E-state index in [0.29, 0.717) is 18.5 Å². The van der Waals surface area contributed by atoms with Gasteiger partial charge in [0.1, 0.15) is 5.54 Å². The molecule has 1 saturated carbocycles. The van der Waals surface area contributed by atoms with Crippen molar-refractivity contribution in [2.24, 2.45) is 0 Å². The van der Waals surface area contributed by atoms with Crippen molar-refractivity contribution in [3.05, 3.63) is 47.3 Å². The highest BCUT2D eigenvalue weighted by molar-refractivity contribution is 5.99. The predicted octanol–water partition coefficient (Wildman–Crippen LogP) is 1.71. The molecule has 1 fully saturated rings. The number of aromatic nitrogens is 2. The molecule has 0 aliphatic heterocycles. The van der Waals surface area contributed by atoms with Crippen LogP contribution in [0.3, 0.4) is 0 Å². The summed E-state index contributed by atoms with van der Waals surface area (Å²) in [7, 11) is 0. The Hall–Kier alpha value is -2.63. The molecule has 1 heterocycles. The number of carbonyl (C=O) groups is 2. The number of carboxylic acid groups (broad SMARTS) is 1. The average molecular weight is 311 g/mol. The predicted molar refractivity (Wildman–Crippen MR) is 82.7 cm³/mol. The summed E-state index contributed by atoms with van der Waals surface area (Å²) in [5, 5.41) is 16.4. The van der Waals surface area contributed by atoms with Crippen LogP contribution in [0.5, 0.6) is 0 Å². The van der Waals surface area contributed by atoms with Gasteiger partial charge in [0.2, 0.25) is 0 Å². The van der Waals surface area contributed by atoms with E-state index in [2.05, 4.69) is 10.4 Å². The average Bonchev–Trinajstić information content (AvgIpc) is 3.03. The van der Waals surface area contributed by atoms with Gasteiger partial charge >= 0.3 is 5.97 Å². The van der Waals surface area contributed by atoms with Crippen molar-refractivity contribution in [3.8, 4) is 5.69 Å². The van der Waals surface area contributed by atoms with Gasteiger partial charge in [-0.05, 0) is 44.2 Å². The number of fused-ring (bicyclic) bond motifs is 1. The topological polar surface area (TPSA) is 84.2 Å². The molecule has 6 nitrogen and oxygen atoms in total. The largest absolute Gasteiger partial charge is 0.480 e. The maximum atomic E-state index is 12.6. The molecule has 4 rings (SSSR count). The monoisotopic (exact) mass is 311 g/mol. The highest BCUT2D eigenvalue weighted by Crippen LogP contribution is 2.36. The van der Waals surface area contributed by atoms with E-state index in [1.807, 2.05) is 35.0 Å². The Balaban J connectivity index is 1.70. The van der Waals surface area contributed by atoms with Crippen molar-refractivity contribution in [1.29, 1.82) is 0 Å². The molecule has 0 bridgehead atoms. The molecule has 0 atom stereocenters. The van der Waals surface area contributed by atoms with Crippen LogP contribution in [-0.4, -0.2) is 32.3 Å². The van der Waals surface area contributed by atoms with Crippen molar-refractivity contribution >= 4 is 11.9 Å². The van der Waals surface area contributed by atoms with Gasteiger partial charge in [-0.3, -0.25) is 4.79 Å². The minimum Gasteiger partial charge on any atom is -0.480 e. The second-order valence-electron chi connectivity index (χ2n) is 6.22. The number of para-hydroxylation sites is 1. The second-order valence-corrected chi connectivity index (χ2v) is 6.22. The summed E-state index contributed by atoms with van der Waals surface area (Å²) >= 11 is 0. The van der Waals surface area contributed by atoms with Crippen molar-refractivity contribution in [1.82, 2.24) is 15.1 Å². The molecule has 1 amide bonds. The zero-order valence-electron chi connectivity index (χ0n) is 12.6. The highest BCUT2D eigenvalue weighted by atomic mass is 16.4. The number of amides is 1. The first-order valence-electron chi connectivity index (χ1n) is 7.83. The molecule has 0 radical (unpaired) electrons. The molecule has 2 aliphatic rings. The maximum absolute atomic E-state index is 12.6. The van der Waals surface area contributed by atoms with Crippen molar-refractivity contribution < 1.29 is 14.7 Å². The maximum Gasteiger partial charge on any atom is 0.329 e. The Labute approximate surface area is 133 Å². The lowest BCUT2D eigenvalue weighted by Crippen LogP contribution is -2.43. The Kier molecular flexibility index (Phi) is 3.01. The normalized spacial score (nSPS) is 17.6. The van der Waals surface area contributed by atoms with Crippen LogP contribution in [0, 0.1) is 0 Å². The summed E-state index contributed by atoms with van der Waals surface area (Å²) < 4.78 is 1.82. The third-order valence-corrected chi connectivity index (χ3v) is 4.66. The number of benzene rings is 1. The van der Waals surface area contributed by atoms with Gasteiger partial charge < -0.3 is 10.4 Å². The van der Waals surface area contributed by atoms with Crippen LogP contribution in [0.25, 0.3) is 5.69 Å². The summed E-state index contributed by atoms with van der Waals surface area (Å²) in [4.78, 5) is 23.8. The zero-order chi connectivity index (χ0) is 16.0. The fourth-order valence-corrected chi connectivity index (χ4v) is 3.20. The molecule has 0 saturated heterocycles. The quantitative estimate of drug-likeness (QED) is 0.900. The van der Waals surface area contributed by atoms with Gasteiger partial charge in [0.15, 0.2) is 5.69 Å². The van der Waals surface area contributed by atoms with E-state index in [1.54, 1.807) is 0 Å². The molecule has 2 aliphatic carbocycles. The standard InChI is InChI=1S/C17H17N3O3/c21-15(18-17(9-10-17)16(22)23)14-12-7-4-8-13(12)20(19-14)11-5-2-1-3-6-11/h1-3,5-6H,4,7-10H2,(H,18,21)(H,22,23). The Bertz CT molecular complexity index is 791. The van der Waals surface area contributed by atoms with Gasteiger partial charge in [0.25, 0.3) is 5.91 Å². The zero-order valence-corrected chi connectivity index (χ0v) is 12.6. The van der Waals surface area contributed by atoms with Crippen molar-refractivity contribution in [2.75, 3.05) is 0 Å². The van der Waals surface area contributed by atoms with Gasteiger partial charge in [0.05, 0.1) is 5.69 Å². The number of carbonyl (C=O) groups excluding carboxylic acids is 1. The third kappa shape index (κ3) is 2.21. The van der Waals surface area contributed by atoms with E-state index in [1.165, 1.54) is 0 Å². The minimum absolute atomic E-state index is 0.369. The van der Waals surface area contributed by atoms with Gasteiger partial charge in [-0.1, -0.05) is 18.2 Å². The number of nitrogens with zero attached hydrogens (tertiary/aromatic N) is 2. The molecule has 0 unspecified atom stereocenters. The van der Waals surface area contributed by atoms with Crippen LogP contribution in [0.2, 0.25) is 0 Å². The van der Waals surface area contributed by atoms with Crippen LogP contribution in [0.4, 0.5) is 0 Å². The van der Waals surface area contributed by atoms with Crippen LogP contribution in [-0.2, 0) is 17.6 Å². The molecule has 1 aromatic carbocycles. The summed E-state index contributed by atoms with van der Waals surface area (Å²) in [6.07, 6.45) is 3.65. The lowest BCUT2D eigenvalue weighted by molar-refractivity contribution is -0.140. The second kappa shape index (κ2) is 4.94. The molecule has 0 spiro atoms. The fourth-order valence-electron chi connectivity index (χ4n) is 3.20. The smallest absolute Gasteiger partial charge is 0.329 e. The number of aliphatic carboxylic acids is 1. The molecule has 1 aromatic heterocycles. The van der Waals surface area contributed by atoms with Gasteiger partial charge in [-0.15, -0.1) is 0 Å². The molecule has 6 heteroatoms. The Morgan fingerprint density at radius 1 is 1.17 bits per heavy atom. The van der Waals surface area contributed by atoms with Crippen LogP contribution in [0.15, 0.2) is 30.3 Å². The molecule has 23 heavy (non-hydrogen) atoms. The SMILES string of the molecule is O=C(NC1(C(=O)O)CC1)c1nn(-c2ccccc2)c2c1CCC2. The summed E-state index contributed by atoms with van der Waals surface area (Å²) in [5.74, 6) is -1.34. The van der Waals surface area contributed by atoms with Crippen LogP contribution < -0.4 is 5.32 Å². The first-order chi connectivity index (χ1) is 11.1. The van der Waals surface area contributed by atoms with Crippen molar-refractivity contribution in [3.63, 3.8) is 0 Å². The summed E-state index contributed by atoms with van der Waals surface area (Å²) in [6.45, 7) is 0. The molecular formula is C17H17N3O3. The number of rotatable bonds is 4. The number of carboxylic acids is 1. The summed E-state index contributed by atoms with van der Waals surface area (Å²) in [6, 6.07) is 9.70. The van der Waals surface area contributed by atoms with Gasteiger partial charge in [-0.25, -0.2) is 9.48 Å². The van der Waals surface area contributed by atoms with Gasteiger partial charge in [0, 0.05) is 11.3 Å². The number of nitrogens with one attached hydrogen (secondary N) is 1. The van der Waals surface area contributed by atoms with E-state index in [0.717, 1.165) is 36.2 Å². The van der Waals surface area contributed by atoms with E-state index < -0.39 is 11.5 Å². The van der Waals surface area contributed by atoms with Crippen LogP contribution >= 0.6 is 0 Å². The minimum atomic E-state index is -1.08. The van der Waals surface area contributed by atoms with E-state index in [9.17, 15) is 14.7 Å². The van der Waals surface area contributed by atoms with Crippen LogP contribution in [0.1, 0.15) is 41.0 Å². The van der Waals surface area contributed by atoms with Crippen molar-refractivity contribution in [2.45, 2.75) is 37.6 Å². The highest BCUT2D eigenvalue weighted by Gasteiger charge is 2.52. The third-order valence-electron chi connectivity index (χ3n) is 4.66. The fraction of sp³-hybridized carbons (Fsp3) is 0.353. The van der Waals surface area contributed by atoms with Gasteiger partial charge in [-0.2, -0.15) is 5.10 Å². The number of hydrogen-bond acceptors (Lipinski definition) is 3. The lowest BCUT2D eigenvalue weighted by atomic mass is 10.1. The van der Waals surface area contributed by atoms with E-state index in [4.69, 9.17) is 0 Å². The first kappa shape index (κ1) is 14.0.